The molecule has 0 saturated carbocycles. The number of nitrogens with one attached hydrogen (secondary N) is 1. The van der Waals surface area contributed by atoms with Crippen LogP contribution in [0.2, 0.25) is 0 Å². The van der Waals surface area contributed by atoms with Crippen molar-refractivity contribution in [3.05, 3.63) is 53.9 Å². The van der Waals surface area contributed by atoms with Crippen LogP contribution in [0, 0.1) is 19.3 Å². The van der Waals surface area contributed by atoms with Crippen LogP contribution in [-0.4, -0.2) is 9.19 Å². The molecule has 4 heteroatoms. The quantitative estimate of drug-likeness (QED) is 0.877. The van der Waals surface area contributed by atoms with Crippen LogP contribution in [0.15, 0.2) is 47.5 Å². The van der Waals surface area contributed by atoms with Crippen LogP contribution in [0.5, 0.6) is 0 Å². The van der Waals surface area contributed by atoms with Gasteiger partial charge in [-0.15, -0.1) is 6.42 Å². The van der Waals surface area contributed by atoms with Gasteiger partial charge in [0.2, 0.25) is 0 Å². The highest BCUT2D eigenvalue weighted by molar-refractivity contribution is 7.86. The van der Waals surface area contributed by atoms with Crippen LogP contribution in [0.4, 0.5) is 5.69 Å². The van der Waals surface area contributed by atoms with E-state index in [1.807, 2.05) is 39.0 Å². The van der Waals surface area contributed by atoms with E-state index in [-0.39, 0.29) is 0 Å². The van der Waals surface area contributed by atoms with Gasteiger partial charge in [-0.3, -0.25) is 9.71 Å². The first-order chi connectivity index (χ1) is 9.70. The molecule has 3 nitrogen and oxygen atoms in total. The molecule has 1 unspecified atom stereocenters. The van der Waals surface area contributed by atoms with Crippen LogP contribution in [0.1, 0.15) is 25.1 Å². The van der Waals surface area contributed by atoms with Crippen LogP contribution >= 0.6 is 0 Å². The third kappa shape index (κ3) is 4.22. The van der Waals surface area contributed by atoms with E-state index in [4.69, 9.17) is 6.42 Å². The second-order valence-electron chi connectivity index (χ2n) is 3.69. The van der Waals surface area contributed by atoms with Crippen LogP contribution in [-0.2, 0) is 11.0 Å². The van der Waals surface area contributed by atoms with Gasteiger partial charge in [-0.05, 0) is 25.1 Å². The normalized spacial score (nSPS) is 10.7. The molecule has 0 saturated heterocycles. The molecule has 1 atom stereocenters. The SMILES string of the molecule is C#Cc1cnc(C)c(NS(=O)c2ccccc2)c1.CC. The molecule has 2 aromatic rings. The lowest BCUT2D eigenvalue weighted by Crippen LogP contribution is -2.06. The number of hydrogen-bond acceptors (Lipinski definition) is 2. The van der Waals surface area contributed by atoms with Crippen molar-refractivity contribution in [3.8, 4) is 12.3 Å². The van der Waals surface area contributed by atoms with Gasteiger partial charge in [-0.1, -0.05) is 38.0 Å². The minimum Gasteiger partial charge on any atom is -0.299 e. The Bertz CT molecular complexity index is 618. The van der Waals surface area contributed by atoms with E-state index in [9.17, 15) is 4.21 Å². The van der Waals surface area contributed by atoms with Crippen LogP contribution in [0.3, 0.4) is 0 Å². The minimum absolute atomic E-state index is 0.660. The standard InChI is InChI=1S/C14H12N2OS.C2H6/c1-3-12-9-14(11(2)15-10-12)16-18(17)13-7-5-4-6-8-13;1-2/h1,4-10,16H,2H3;1-2H3. The van der Waals surface area contributed by atoms with Crippen molar-refractivity contribution >= 4 is 16.7 Å². The Kier molecular flexibility index (Phi) is 6.48. The number of hydrogen-bond donors (Lipinski definition) is 1. The molecular formula is C16H18N2OS. The fraction of sp³-hybridized carbons (Fsp3) is 0.188. The largest absolute Gasteiger partial charge is 0.299 e. The highest BCUT2D eigenvalue weighted by atomic mass is 32.2. The molecule has 0 amide bonds. The molecule has 1 N–H and O–H groups in total. The van der Waals surface area contributed by atoms with Crippen molar-refractivity contribution in [1.82, 2.24) is 4.98 Å². The van der Waals surface area contributed by atoms with Gasteiger partial charge < -0.3 is 0 Å². The summed E-state index contributed by atoms with van der Waals surface area (Å²) >= 11 is 0. The molecule has 20 heavy (non-hydrogen) atoms. The summed E-state index contributed by atoms with van der Waals surface area (Å²) in [5, 5.41) is 0. The summed E-state index contributed by atoms with van der Waals surface area (Å²) in [5.41, 5.74) is 2.11. The van der Waals surface area contributed by atoms with Crippen molar-refractivity contribution in [2.75, 3.05) is 4.72 Å². The molecule has 104 valence electrons. The molecule has 0 aliphatic carbocycles. The molecule has 0 bridgehead atoms. The van der Waals surface area contributed by atoms with Crippen LogP contribution < -0.4 is 4.72 Å². The summed E-state index contributed by atoms with van der Waals surface area (Å²) in [5.74, 6) is 2.51. The number of benzene rings is 1. The Morgan fingerprint density at radius 1 is 1.25 bits per heavy atom. The monoisotopic (exact) mass is 286 g/mol. The Morgan fingerprint density at radius 2 is 1.90 bits per heavy atom. The Morgan fingerprint density at radius 3 is 2.50 bits per heavy atom. The lowest BCUT2D eigenvalue weighted by molar-refractivity contribution is 0.686. The van der Waals surface area contributed by atoms with Gasteiger partial charge in [-0.2, -0.15) is 0 Å². The molecule has 1 aromatic heterocycles. The number of aromatic nitrogens is 1. The smallest absolute Gasteiger partial charge is 0.150 e. The van der Waals surface area contributed by atoms with Gasteiger partial charge >= 0.3 is 0 Å². The average Bonchev–Trinajstić information content (AvgIpc) is 2.52. The van der Waals surface area contributed by atoms with Gasteiger partial charge in [-0.25, -0.2) is 4.21 Å². The fourth-order valence-corrected chi connectivity index (χ4v) is 2.35. The second kappa shape index (κ2) is 8.13. The van der Waals surface area contributed by atoms with E-state index >= 15 is 0 Å². The van der Waals surface area contributed by atoms with E-state index in [1.54, 1.807) is 24.4 Å². The van der Waals surface area contributed by atoms with E-state index < -0.39 is 11.0 Å². The fourth-order valence-electron chi connectivity index (χ4n) is 1.42. The molecule has 1 aromatic carbocycles. The van der Waals surface area contributed by atoms with Gasteiger partial charge in [0.05, 0.1) is 16.3 Å². The summed E-state index contributed by atoms with van der Waals surface area (Å²) in [6, 6.07) is 10.9. The van der Waals surface area contributed by atoms with Gasteiger partial charge in [0.1, 0.15) is 11.0 Å². The van der Waals surface area contributed by atoms with E-state index in [0.29, 0.717) is 16.1 Å². The van der Waals surface area contributed by atoms with Gasteiger partial charge in [0, 0.05) is 11.8 Å². The molecule has 0 spiro atoms. The third-order valence-electron chi connectivity index (χ3n) is 2.41. The van der Waals surface area contributed by atoms with Crippen molar-refractivity contribution < 1.29 is 4.21 Å². The Labute approximate surface area is 123 Å². The first-order valence-electron chi connectivity index (χ1n) is 6.37. The molecule has 1 heterocycles. The maximum Gasteiger partial charge on any atom is 0.150 e. The van der Waals surface area contributed by atoms with Crippen molar-refractivity contribution in [2.24, 2.45) is 0 Å². The lowest BCUT2D eigenvalue weighted by Gasteiger charge is -2.08. The summed E-state index contributed by atoms with van der Waals surface area (Å²) in [6.07, 6.45) is 6.93. The van der Waals surface area contributed by atoms with E-state index in [1.165, 1.54) is 0 Å². The molecule has 0 aliphatic rings. The summed E-state index contributed by atoms with van der Waals surface area (Å²) < 4.78 is 15.0. The van der Waals surface area contributed by atoms with E-state index in [2.05, 4.69) is 15.6 Å². The molecule has 2 rings (SSSR count). The number of aryl methyl sites for hydroxylation is 1. The predicted molar refractivity (Wildman–Crippen MR) is 84.7 cm³/mol. The molecule has 0 aliphatic heterocycles. The Hall–Kier alpha value is -2.12. The number of terminal acetylenes is 1. The second-order valence-corrected chi connectivity index (χ2v) is 4.90. The predicted octanol–water partition coefficient (Wildman–Crippen LogP) is 3.53. The first kappa shape index (κ1) is 15.9. The van der Waals surface area contributed by atoms with Crippen molar-refractivity contribution in [1.29, 1.82) is 0 Å². The van der Waals surface area contributed by atoms with Crippen molar-refractivity contribution in [3.63, 3.8) is 0 Å². The Balaban J connectivity index is 0.000000956. The summed E-state index contributed by atoms with van der Waals surface area (Å²) in [6.45, 7) is 5.84. The zero-order chi connectivity index (χ0) is 15.0. The van der Waals surface area contributed by atoms with Crippen LogP contribution in [0.25, 0.3) is 0 Å². The molecule has 0 fully saturated rings. The third-order valence-corrected chi connectivity index (χ3v) is 3.52. The number of pyridine rings is 1. The zero-order valence-electron chi connectivity index (χ0n) is 11.9. The lowest BCUT2D eigenvalue weighted by atomic mass is 10.2. The van der Waals surface area contributed by atoms with Gasteiger partial charge in [0.15, 0.2) is 0 Å². The average molecular weight is 286 g/mol. The maximum atomic E-state index is 12.1. The first-order valence-corrected chi connectivity index (χ1v) is 7.52. The van der Waals surface area contributed by atoms with E-state index in [0.717, 1.165) is 5.69 Å². The van der Waals surface area contributed by atoms with Gasteiger partial charge in [0.25, 0.3) is 0 Å². The summed E-state index contributed by atoms with van der Waals surface area (Å²) in [4.78, 5) is 4.87. The number of nitrogens with zero attached hydrogens (tertiary/aromatic N) is 1. The van der Waals surface area contributed by atoms with Crippen molar-refractivity contribution in [2.45, 2.75) is 25.7 Å². The minimum atomic E-state index is -1.31. The highest BCUT2D eigenvalue weighted by Gasteiger charge is 2.06. The molecule has 0 radical (unpaired) electrons. The zero-order valence-corrected chi connectivity index (χ0v) is 12.7. The number of anilines is 1. The topological polar surface area (TPSA) is 42.0 Å². The highest BCUT2D eigenvalue weighted by Crippen LogP contribution is 2.16. The maximum absolute atomic E-state index is 12.1. The summed E-state index contributed by atoms with van der Waals surface area (Å²) in [7, 11) is -1.31. The molecular weight excluding hydrogens is 268 g/mol. The number of rotatable bonds is 3.